The zero-order valence-corrected chi connectivity index (χ0v) is 21.7. The van der Waals surface area contributed by atoms with Crippen LogP contribution in [0.15, 0.2) is 29.6 Å². The predicted octanol–water partition coefficient (Wildman–Crippen LogP) is 3.95. The molecule has 0 radical (unpaired) electrons. The molecule has 1 aliphatic rings. The van der Waals surface area contributed by atoms with E-state index in [0.717, 1.165) is 18.9 Å². The van der Waals surface area contributed by atoms with Crippen molar-refractivity contribution in [2.75, 3.05) is 18.1 Å². The summed E-state index contributed by atoms with van der Waals surface area (Å²) in [5.74, 6) is 1.19. The molecule has 1 aliphatic heterocycles. The van der Waals surface area contributed by atoms with Crippen LogP contribution >= 0.6 is 11.6 Å². The molecule has 182 valence electrons. The second-order valence-corrected chi connectivity index (χ2v) is 16.0. The van der Waals surface area contributed by atoms with E-state index in [0.29, 0.717) is 58.7 Å². The van der Waals surface area contributed by atoms with E-state index in [4.69, 9.17) is 16.3 Å². The Labute approximate surface area is 208 Å². The number of anilines is 1. The Morgan fingerprint density at radius 1 is 1.34 bits per heavy atom. The number of nitrogens with zero attached hydrogens (tertiary/aromatic N) is 7. The first-order valence-electron chi connectivity index (χ1n) is 11.6. The number of hydrogen-bond donors (Lipinski definition) is 1. The van der Waals surface area contributed by atoms with Gasteiger partial charge in [0.2, 0.25) is 0 Å². The molecule has 0 amide bonds. The molecular weight excluding hydrogens is 484 g/mol. The summed E-state index contributed by atoms with van der Waals surface area (Å²) in [6.45, 7) is 8.65. The second-order valence-electron chi connectivity index (χ2n) is 10.0. The summed E-state index contributed by atoms with van der Waals surface area (Å²) in [6, 6.07) is 4.81. The van der Waals surface area contributed by atoms with Crippen molar-refractivity contribution in [2.45, 2.75) is 51.3 Å². The van der Waals surface area contributed by atoms with Crippen LogP contribution in [0, 0.1) is 11.3 Å². The van der Waals surface area contributed by atoms with E-state index in [1.54, 1.807) is 18.5 Å². The monoisotopic (exact) mass is 510 g/mol. The number of hydrogen-bond acceptors (Lipinski definition) is 7. The minimum atomic E-state index is -1.20. The highest BCUT2D eigenvalue weighted by atomic mass is 35.5. The van der Waals surface area contributed by atoms with Crippen molar-refractivity contribution in [3.05, 3.63) is 51.6 Å². The molecule has 35 heavy (non-hydrogen) atoms. The van der Waals surface area contributed by atoms with Crippen molar-refractivity contribution >= 4 is 42.0 Å². The zero-order chi connectivity index (χ0) is 24.7. The van der Waals surface area contributed by atoms with Gasteiger partial charge in [0.1, 0.15) is 36.1 Å². The fourth-order valence-electron chi connectivity index (χ4n) is 4.52. The van der Waals surface area contributed by atoms with Crippen LogP contribution in [0.4, 0.5) is 5.82 Å². The van der Waals surface area contributed by atoms with E-state index in [2.05, 4.69) is 50.7 Å². The molecule has 0 bridgehead atoms. The molecule has 10 nitrogen and oxygen atoms in total. The maximum absolute atomic E-state index is 12.7. The number of aromatic nitrogens is 6. The Morgan fingerprint density at radius 2 is 2.17 bits per heavy atom. The number of H-pyrrole nitrogens is 1. The minimum Gasteiger partial charge on any atom is -0.361 e. The molecule has 1 saturated heterocycles. The largest absolute Gasteiger partial charge is 0.361 e. The summed E-state index contributed by atoms with van der Waals surface area (Å²) < 4.78 is 9.30. The second kappa shape index (κ2) is 9.11. The lowest BCUT2D eigenvalue weighted by Crippen LogP contribution is -2.28. The lowest BCUT2D eigenvalue weighted by Gasteiger charge is -2.25. The molecule has 0 spiro atoms. The SMILES string of the molecule is C[Si](C)(C)CCOCn1cc(C#N)c2c(N3CCC[C@H]3c3nn4ccc(Cl)c4c(=O)[nH]3)ncnc21. The number of halogens is 1. The molecule has 0 unspecified atom stereocenters. The Morgan fingerprint density at radius 3 is 2.94 bits per heavy atom. The van der Waals surface area contributed by atoms with E-state index in [9.17, 15) is 10.1 Å². The number of nitriles is 1. The Hall–Kier alpha value is -3.20. The zero-order valence-electron chi connectivity index (χ0n) is 20.0. The van der Waals surface area contributed by atoms with E-state index >= 15 is 0 Å². The fourth-order valence-corrected chi connectivity index (χ4v) is 5.50. The molecular formula is C23H27ClN8O2Si. The normalized spacial score (nSPS) is 16.4. The van der Waals surface area contributed by atoms with Gasteiger partial charge in [-0.3, -0.25) is 4.79 Å². The molecule has 1 fully saturated rings. The number of aromatic amines is 1. The van der Waals surface area contributed by atoms with Crippen molar-refractivity contribution in [3.63, 3.8) is 0 Å². The van der Waals surface area contributed by atoms with E-state index < -0.39 is 8.07 Å². The molecule has 4 aromatic rings. The van der Waals surface area contributed by atoms with Gasteiger partial charge in [0, 0.05) is 33.6 Å². The smallest absolute Gasteiger partial charge is 0.276 e. The van der Waals surface area contributed by atoms with Gasteiger partial charge in [0.15, 0.2) is 5.82 Å². The van der Waals surface area contributed by atoms with Gasteiger partial charge >= 0.3 is 0 Å². The average Bonchev–Trinajstić information content (AvgIpc) is 3.53. The highest BCUT2D eigenvalue weighted by Gasteiger charge is 2.32. The van der Waals surface area contributed by atoms with Crippen LogP contribution in [0.1, 0.15) is 30.3 Å². The maximum Gasteiger partial charge on any atom is 0.276 e. The molecule has 0 saturated carbocycles. The van der Waals surface area contributed by atoms with Gasteiger partial charge in [0.05, 0.1) is 22.0 Å². The Kier molecular flexibility index (Phi) is 6.12. The van der Waals surface area contributed by atoms with E-state index in [1.807, 2.05) is 4.57 Å². The van der Waals surface area contributed by atoms with E-state index in [1.165, 1.54) is 10.8 Å². The summed E-state index contributed by atoms with van der Waals surface area (Å²) >= 11 is 6.13. The number of fused-ring (bicyclic) bond motifs is 2. The van der Waals surface area contributed by atoms with Crippen molar-refractivity contribution in [1.29, 1.82) is 5.26 Å². The third-order valence-electron chi connectivity index (χ3n) is 6.31. The van der Waals surface area contributed by atoms with Gasteiger partial charge in [-0.2, -0.15) is 10.4 Å². The minimum absolute atomic E-state index is 0.200. The molecule has 0 aromatic carbocycles. The van der Waals surface area contributed by atoms with Gasteiger partial charge < -0.3 is 19.2 Å². The van der Waals surface area contributed by atoms with Crippen LogP contribution in [0.3, 0.4) is 0 Å². The third-order valence-corrected chi connectivity index (χ3v) is 8.32. The highest BCUT2D eigenvalue weighted by molar-refractivity contribution is 6.76. The average molecular weight is 511 g/mol. The molecule has 12 heteroatoms. The van der Waals surface area contributed by atoms with Gasteiger partial charge in [-0.15, -0.1) is 0 Å². The standard InChI is InChI=1S/C23H27ClN8O2Si/c1-35(2,3)10-9-34-14-30-12-15(11-25)18-21(30)26-13-27-22(18)31-7-4-5-17(31)20-28-23(33)19-16(24)6-8-32(19)29-20/h6,8,12-13,17H,4-5,7,9-10,14H2,1-3H3,(H,28,29,33)/t17-/m0/s1. The van der Waals surface area contributed by atoms with Gasteiger partial charge in [-0.1, -0.05) is 31.2 Å². The highest BCUT2D eigenvalue weighted by Crippen LogP contribution is 2.38. The van der Waals surface area contributed by atoms with E-state index in [-0.39, 0.29) is 11.6 Å². The van der Waals surface area contributed by atoms with Crippen LogP contribution in [-0.2, 0) is 11.5 Å². The van der Waals surface area contributed by atoms with Gasteiger partial charge in [0.25, 0.3) is 5.56 Å². The summed E-state index contributed by atoms with van der Waals surface area (Å²) in [4.78, 5) is 26.7. The molecule has 1 atom stereocenters. The van der Waals surface area contributed by atoms with Crippen molar-refractivity contribution in [2.24, 2.45) is 0 Å². The van der Waals surface area contributed by atoms with Crippen LogP contribution in [0.5, 0.6) is 0 Å². The first-order valence-corrected chi connectivity index (χ1v) is 15.7. The molecule has 5 heterocycles. The summed E-state index contributed by atoms with van der Waals surface area (Å²) in [5, 5.41) is 15.5. The molecule has 0 aliphatic carbocycles. The predicted molar refractivity (Wildman–Crippen MR) is 136 cm³/mol. The van der Waals surface area contributed by atoms with Crippen molar-refractivity contribution in [3.8, 4) is 6.07 Å². The Bertz CT molecular complexity index is 1500. The number of nitrogens with one attached hydrogen (secondary N) is 1. The van der Waals surface area contributed by atoms with Crippen molar-refractivity contribution < 1.29 is 4.74 Å². The summed E-state index contributed by atoms with van der Waals surface area (Å²) in [5.41, 5.74) is 1.18. The Balaban J connectivity index is 1.50. The number of rotatable bonds is 7. The first kappa shape index (κ1) is 23.5. The topological polar surface area (TPSA) is 117 Å². The summed E-state index contributed by atoms with van der Waals surface area (Å²) in [6.07, 6.45) is 6.65. The quantitative estimate of drug-likeness (QED) is 0.295. The van der Waals surface area contributed by atoms with Crippen molar-refractivity contribution in [1.82, 2.24) is 29.1 Å². The van der Waals surface area contributed by atoms with Gasteiger partial charge in [-0.25, -0.2) is 14.5 Å². The van der Waals surface area contributed by atoms with Crippen LogP contribution < -0.4 is 10.5 Å². The number of ether oxygens (including phenoxy) is 1. The summed E-state index contributed by atoms with van der Waals surface area (Å²) in [7, 11) is -1.20. The molecule has 5 rings (SSSR count). The molecule has 1 N–H and O–H groups in total. The van der Waals surface area contributed by atoms with Crippen LogP contribution in [-0.4, -0.2) is 50.4 Å². The van der Waals surface area contributed by atoms with Gasteiger partial charge in [-0.05, 0) is 25.0 Å². The third kappa shape index (κ3) is 4.45. The van der Waals surface area contributed by atoms with Crippen LogP contribution in [0.25, 0.3) is 16.6 Å². The fraction of sp³-hybridized carbons (Fsp3) is 0.435. The first-order chi connectivity index (χ1) is 16.8. The van der Waals surface area contributed by atoms with Crippen LogP contribution in [0.2, 0.25) is 30.7 Å². The lowest BCUT2D eigenvalue weighted by molar-refractivity contribution is 0.0898. The maximum atomic E-state index is 12.7. The molecule has 4 aromatic heterocycles. The lowest BCUT2D eigenvalue weighted by atomic mass is 10.2.